The van der Waals surface area contributed by atoms with Gasteiger partial charge in [0.25, 0.3) is 5.92 Å². The van der Waals surface area contributed by atoms with Crippen LogP contribution in [0.1, 0.15) is 6.42 Å². The van der Waals surface area contributed by atoms with Crippen LogP contribution in [0.3, 0.4) is 0 Å². The van der Waals surface area contributed by atoms with Crippen molar-refractivity contribution in [3.8, 4) is 5.75 Å². The Morgan fingerprint density at radius 3 is 3.19 bits per heavy atom. The van der Waals surface area contributed by atoms with E-state index in [2.05, 4.69) is 9.97 Å². The molecule has 0 radical (unpaired) electrons. The van der Waals surface area contributed by atoms with Gasteiger partial charge in [-0.05, 0) is 11.6 Å². The van der Waals surface area contributed by atoms with Gasteiger partial charge in [-0.3, -0.25) is 0 Å². The number of rotatable bonds is 0. The molecule has 4 nitrogen and oxygen atoms in total. The molecular formula is C9H8ClF2N3O. The maximum Gasteiger partial charge on any atom is 0.267 e. The van der Waals surface area contributed by atoms with Crippen molar-refractivity contribution in [3.05, 3.63) is 11.5 Å². The molecule has 3 rings (SSSR count). The van der Waals surface area contributed by atoms with Crippen LogP contribution in [0.15, 0.2) is 6.20 Å². The number of halogens is 3. The zero-order valence-corrected chi connectivity index (χ0v) is 8.92. The Morgan fingerprint density at radius 1 is 1.56 bits per heavy atom. The number of ether oxygens (including phenoxy) is 1. The molecule has 0 aliphatic carbocycles. The van der Waals surface area contributed by atoms with Gasteiger partial charge in [0.2, 0.25) is 5.28 Å². The molecule has 0 amide bonds. The Kier molecular flexibility index (Phi) is 1.98. The highest BCUT2D eigenvalue weighted by Gasteiger charge is 2.48. The minimum Gasteiger partial charge on any atom is -0.486 e. The van der Waals surface area contributed by atoms with Gasteiger partial charge in [0, 0.05) is 6.42 Å². The zero-order valence-electron chi connectivity index (χ0n) is 8.16. The molecule has 2 aliphatic heterocycles. The summed E-state index contributed by atoms with van der Waals surface area (Å²) in [4.78, 5) is 9.25. The van der Waals surface area contributed by atoms with Crippen molar-refractivity contribution >= 4 is 17.4 Å². The van der Waals surface area contributed by atoms with E-state index in [1.165, 1.54) is 6.20 Å². The van der Waals surface area contributed by atoms with Crippen molar-refractivity contribution < 1.29 is 13.5 Å². The molecule has 0 bridgehead atoms. The first-order chi connectivity index (χ1) is 7.55. The minimum absolute atomic E-state index is 0.0400. The van der Waals surface area contributed by atoms with Crippen LogP contribution in [0.5, 0.6) is 5.75 Å². The Morgan fingerprint density at radius 2 is 2.38 bits per heavy atom. The van der Waals surface area contributed by atoms with E-state index in [0.717, 1.165) is 0 Å². The molecule has 1 aromatic rings. The molecule has 0 saturated carbocycles. The lowest BCUT2D eigenvalue weighted by molar-refractivity contribution is 0.0211. The highest BCUT2D eigenvalue weighted by atomic mass is 35.5. The first kappa shape index (κ1) is 10.0. The van der Waals surface area contributed by atoms with Crippen molar-refractivity contribution in [1.82, 2.24) is 9.97 Å². The standard InChI is InChI=1S/C9H8ClF2N3O/c10-8-13-2-6-7(14-8)15-4-9(11,12)1-5(15)3-16-6/h2,5H,1,3-4H2/t5-/m1/s1. The molecular weight excluding hydrogens is 240 g/mol. The number of aromatic nitrogens is 2. The molecule has 1 saturated heterocycles. The first-order valence-electron chi connectivity index (χ1n) is 4.85. The lowest BCUT2D eigenvalue weighted by Gasteiger charge is -2.31. The zero-order chi connectivity index (χ0) is 11.3. The molecule has 1 atom stereocenters. The lowest BCUT2D eigenvalue weighted by Crippen LogP contribution is -2.39. The monoisotopic (exact) mass is 247 g/mol. The Bertz CT molecular complexity index is 443. The Hall–Kier alpha value is -1.17. The predicted molar refractivity (Wildman–Crippen MR) is 53.2 cm³/mol. The van der Waals surface area contributed by atoms with Crippen LogP contribution in [-0.4, -0.2) is 35.1 Å². The molecule has 16 heavy (non-hydrogen) atoms. The van der Waals surface area contributed by atoms with Crippen LogP contribution in [0.25, 0.3) is 0 Å². The van der Waals surface area contributed by atoms with E-state index in [1.807, 2.05) is 0 Å². The summed E-state index contributed by atoms with van der Waals surface area (Å²) in [7, 11) is 0. The average Bonchev–Trinajstić information content (AvgIpc) is 2.52. The van der Waals surface area contributed by atoms with Gasteiger partial charge < -0.3 is 9.64 Å². The van der Waals surface area contributed by atoms with Gasteiger partial charge >= 0.3 is 0 Å². The van der Waals surface area contributed by atoms with E-state index < -0.39 is 5.92 Å². The molecule has 7 heteroatoms. The van der Waals surface area contributed by atoms with Gasteiger partial charge in [-0.25, -0.2) is 13.8 Å². The fraction of sp³-hybridized carbons (Fsp3) is 0.556. The van der Waals surface area contributed by atoms with Gasteiger partial charge in [0.05, 0.1) is 18.8 Å². The smallest absolute Gasteiger partial charge is 0.267 e. The third kappa shape index (κ3) is 1.48. The van der Waals surface area contributed by atoms with Crippen LogP contribution < -0.4 is 9.64 Å². The van der Waals surface area contributed by atoms with Gasteiger partial charge in [0.15, 0.2) is 11.6 Å². The van der Waals surface area contributed by atoms with Gasteiger partial charge in [-0.1, -0.05) is 0 Å². The maximum atomic E-state index is 13.3. The van der Waals surface area contributed by atoms with Crippen molar-refractivity contribution in [2.24, 2.45) is 0 Å². The van der Waals surface area contributed by atoms with E-state index in [-0.39, 0.29) is 30.9 Å². The molecule has 0 aromatic carbocycles. The summed E-state index contributed by atoms with van der Waals surface area (Å²) < 4.78 is 31.9. The van der Waals surface area contributed by atoms with Crippen molar-refractivity contribution in [2.75, 3.05) is 18.1 Å². The number of anilines is 1. The van der Waals surface area contributed by atoms with Crippen molar-refractivity contribution in [3.63, 3.8) is 0 Å². The second kappa shape index (κ2) is 3.16. The summed E-state index contributed by atoms with van der Waals surface area (Å²) in [6.45, 7) is -0.0883. The number of alkyl halides is 2. The number of hydrogen-bond acceptors (Lipinski definition) is 4. The summed E-state index contributed by atoms with van der Waals surface area (Å²) in [5.74, 6) is -1.90. The summed E-state index contributed by atoms with van der Waals surface area (Å²) in [5, 5.41) is 0.0400. The first-order valence-corrected chi connectivity index (χ1v) is 5.23. The average molecular weight is 248 g/mol. The van der Waals surface area contributed by atoms with E-state index in [1.54, 1.807) is 4.90 Å². The van der Waals surface area contributed by atoms with Gasteiger partial charge in [-0.2, -0.15) is 4.98 Å². The summed E-state index contributed by atoms with van der Waals surface area (Å²) in [6.07, 6.45) is 1.21. The molecule has 1 fully saturated rings. The molecule has 0 unspecified atom stereocenters. The van der Waals surface area contributed by atoms with Crippen LogP contribution >= 0.6 is 11.6 Å². The molecule has 86 valence electrons. The quantitative estimate of drug-likeness (QED) is 0.655. The molecule has 0 spiro atoms. The van der Waals surface area contributed by atoms with E-state index >= 15 is 0 Å². The molecule has 1 aromatic heterocycles. The SMILES string of the molecule is FC1(F)C[C@@H]2COc3cnc(Cl)nc3N2C1. The van der Waals surface area contributed by atoms with Crippen LogP contribution in [0, 0.1) is 0 Å². The summed E-state index contributed by atoms with van der Waals surface area (Å²) in [5.41, 5.74) is 0. The van der Waals surface area contributed by atoms with Gasteiger partial charge in [0.1, 0.15) is 6.61 Å². The summed E-state index contributed by atoms with van der Waals surface area (Å²) in [6, 6.07) is -0.325. The fourth-order valence-corrected chi connectivity index (χ4v) is 2.26. The minimum atomic E-state index is -2.69. The number of hydrogen-bond donors (Lipinski definition) is 0. The highest BCUT2D eigenvalue weighted by molar-refractivity contribution is 6.28. The van der Waals surface area contributed by atoms with E-state index in [9.17, 15) is 8.78 Å². The van der Waals surface area contributed by atoms with Crippen LogP contribution in [-0.2, 0) is 0 Å². The highest BCUT2D eigenvalue weighted by Crippen LogP contribution is 2.41. The number of fused-ring (bicyclic) bond motifs is 3. The van der Waals surface area contributed by atoms with Crippen LogP contribution in [0.4, 0.5) is 14.6 Å². The van der Waals surface area contributed by atoms with E-state index in [0.29, 0.717) is 11.6 Å². The Labute approximate surface area is 95.2 Å². The lowest BCUT2D eigenvalue weighted by atomic mass is 10.2. The second-order valence-corrected chi connectivity index (χ2v) is 4.32. The van der Waals surface area contributed by atoms with Crippen molar-refractivity contribution in [1.29, 1.82) is 0 Å². The van der Waals surface area contributed by atoms with E-state index in [4.69, 9.17) is 16.3 Å². The third-order valence-electron chi connectivity index (χ3n) is 2.79. The van der Waals surface area contributed by atoms with Gasteiger partial charge in [-0.15, -0.1) is 0 Å². The third-order valence-corrected chi connectivity index (χ3v) is 2.97. The normalized spacial score (nSPS) is 25.9. The maximum absolute atomic E-state index is 13.3. The molecule has 3 heterocycles. The topological polar surface area (TPSA) is 38.3 Å². The fourth-order valence-electron chi connectivity index (χ4n) is 2.13. The second-order valence-electron chi connectivity index (χ2n) is 3.98. The van der Waals surface area contributed by atoms with Crippen LogP contribution in [0.2, 0.25) is 5.28 Å². The number of nitrogens with zero attached hydrogens (tertiary/aromatic N) is 3. The Balaban J connectivity index is 2.02. The predicted octanol–water partition coefficient (Wildman–Crippen LogP) is 1.74. The van der Waals surface area contributed by atoms with Crippen molar-refractivity contribution in [2.45, 2.75) is 18.4 Å². The molecule has 0 N–H and O–H groups in total. The molecule has 2 aliphatic rings. The largest absolute Gasteiger partial charge is 0.486 e. The summed E-state index contributed by atoms with van der Waals surface area (Å²) >= 11 is 5.65.